The Balaban J connectivity index is 3.09. The van der Waals surface area contributed by atoms with Crippen LogP contribution in [0.2, 0.25) is 0 Å². The van der Waals surface area contributed by atoms with E-state index in [1.54, 1.807) is 6.92 Å². The van der Waals surface area contributed by atoms with Gasteiger partial charge in [-0.25, -0.2) is 17.2 Å². The van der Waals surface area contributed by atoms with E-state index >= 15 is 0 Å². The summed E-state index contributed by atoms with van der Waals surface area (Å²) in [6.45, 7) is 1.60. The molecule has 0 saturated carbocycles. The average molecular weight is 327 g/mol. The van der Waals surface area contributed by atoms with Crippen molar-refractivity contribution < 1.29 is 22.0 Å². The quantitative estimate of drug-likeness (QED) is 0.779. The summed E-state index contributed by atoms with van der Waals surface area (Å²) in [6, 6.07) is 1.11. The molecule has 0 bridgehead atoms. The van der Waals surface area contributed by atoms with Crippen LogP contribution in [0.25, 0.3) is 0 Å². The van der Waals surface area contributed by atoms with Gasteiger partial charge in [0.05, 0.1) is 17.0 Å². The normalized spacial score (nSPS) is 13.0. The summed E-state index contributed by atoms with van der Waals surface area (Å²) in [4.78, 5) is 10.9. The number of halogens is 3. The summed E-state index contributed by atoms with van der Waals surface area (Å²) < 4.78 is 52.2. The van der Waals surface area contributed by atoms with Crippen molar-refractivity contribution in [3.63, 3.8) is 0 Å². The number of carbonyl (C=O) groups is 1. The second-order valence-electron chi connectivity index (χ2n) is 4.32. The number of anilines is 1. The number of rotatable bonds is 6. The highest BCUT2D eigenvalue weighted by molar-refractivity contribution is 7.92. The Kier molecular flexibility index (Phi) is 5.29. The fourth-order valence-corrected chi connectivity index (χ4v) is 3.12. The number of hydrogen-bond donors (Lipinski definition) is 2. The smallest absolute Gasteiger partial charge is 0.251 e. The number of sulfonamides is 1. The summed E-state index contributed by atoms with van der Waals surface area (Å²) in [5, 5.41) is 0. The Morgan fingerprint density at radius 2 is 2.00 bits per heavy atom. The average Bonchev–Trinajstić information content (AvgIpc) is 2.31. The molecule has 0 aliphatic rings. The van der Waals surface area contributed by atoms with E-state index in [0.717, 1.165) is 6.07 Å². The molecule has 0 aliphatic heterocycles. The van der Waals surface area contributed by atoms with Gasteiger partial charge in [-0.1, -0.05) is 6.92 Å². The molecular formula is C11H13ClF2N2O3S. The van der Waals surface area contributed by atoms with Crippen molar-refractivity contribution in [2.24, 2.45) is 11.7 Å². The zero-order valence-electron chi connectivity index (χ0n) is 10.5. The van der Waals surface area contributed by atoms with Crippen LogP contribution in [0, 0.1) is 17.6 Å². The van der Waals surface area contributed by atoms with Crippen molar-refractivity contribution in [2.75, 3.05) is 16.4 Å². The molecule has 1 amide bonds. The summed E-state index contributed by atoms with van der Waals surface area (Å²) in [5.74, 6) is -4.01. The van der Waals surface area contributed by atoms with E-state index in [2.05, 4.69) is 0 Å². The van der Waals surface area contributed by atoms with Gasteiger partial charge in [0.1, 0.15) is 11.6 Å². The molecular weight excluding hydrogens is 314 g/mol. The minimum Gasteiger partial charge on any atom is -0.366 e. The molecule has 1 aromatic carbocycles. The van der Waals surface area contributed by atoms with Crippen molar-refractivity contribution in [3.8, 4) is 0 Å². The van der Waals surface area contributed by atoms with Crippen LogP contribution in [-0.2, 0) is 10.0 Å². The van der Waals surface area contributed by atoms with Crippen LogP contribution >= 0.6 is 11.6 Å². The highest BCUT2D eigenvalue weighted by Gasteiger charge is 2.20. The summed E-state index contributed by atoms with van der Waals surface area (Å²) >= 11 is 5.50. The van der Waals surface area contributed by atoms with Gasteiger partial charge in [0.25, 0.3) is 5.91 Å². The number of amides is 1. The number of hydrogen-bond acceptors (Lipinski definition) is 3. The molecule has 3 N–H and O–H groups in total. The second kappa shape index (κ2) is 6.36. The highest BCUT2D eigenvalue weighted by Crippen LogP contribution is 2.21. The van der Waals surface area contributed by atoms with E-state index in [0.29, 0.717) is 6.07 Å². The van der Waals surface area contributed by atoms with Gasteiger partial charge in [-0.3, -0.25) is 9.52 Å². The van der Waals surface area contributed by atoms with Gasteiger partial charge in [0.15, 0.2) is 0 Å². The summed E-state index contributed by atoms with van der Waals surface area (Å²) in [5.41, 5.74) is 3.76. The molecule has 112 valence electrons. The van der Waals surface area contributed by atoms with Crippen LogP contribution in [0.3, 0.4) is 0 Å². The monoisotopic (exact) mass is 326 g/mol. The van der Waals surface area contributed by atoms with Gasteiger partial charge in [0, 0.05) is 11.9 Å². The predicted octanol–water partition coefficient (Wildman–Crippen LogP) is 1.68. The van der Waals surface area contributed by atoms with Crippen molar-refractivity contribution in [3.05, 3.63) is 29.3 Å². The predicted molar refractivity (Wildman–Crippen MR) is 72.2 cm³/mol. The molecule has 5 nitrogen and oxygen atoms in total. The Bertz CT molecular complexity index is 622. The van der Waals surface area contributed by atoms with Crippen molar-refractivity contribution >= 4 is 33.2 Å². The van der Waals surface area contributed by atoms with Gasteiger partial charge in [-0.15, -0.1) is 11.6 Å². The largest absolute Gasteiger partial charge is 0.366 e. The topological polar surface area (TPSA) is 89.3 Å². The minimum atomic E-state index is -3.87. The van der Waals surface area contributed by atoms with Gasteiger partial charge in [-0.05, 0) is 12.0 Å². The van der Waals surface area contributed by atoms with Crippen LogP contribution in [0.5, 0.6) is 0 Å². The van der Waals surface area contributed by atoms with E-state index in [4.69, 9.17) is 17.3 Å². The molecule has 1 rings (SSSR count). The third kappa shape index (κ3) is 4.31. The first kappa shape index (κ1) is 16.6. The minimum absolute atomic E-state index is 0.110. The van der Waals surface area contributed by atoms with E-state index in [9.17, 15) is 22.0 Å². The van der Waals surface area contributed by atoms with E-state index in [1.807, 2.05) is 4.72 Å². The van der Waals surface area contributed by atoms with Crippen molar-refractivity contribution in [1.82, 2.24) is 0 Å². The molecule has 0 fully saturated rings. The van der Waals surface area contributed by atoms with Gasteiger partial charge < -0.3 is 5.73 Å². The molecule has 20 heavy (non-hydrogen) atoms. The molecule has 9 heteroatoms. The molecule has 0 saturated heterocycles. The SMILES string of the molecule is CC(CCl)CS(=O)(=O)Nc1cc(C(N)=O)c(F)cc1F. The van der Waals surface area contributed by atoms with Crippen molar-refractivity contribution in [1.29, 1.82) is 0 Å². The third-order valence-electron chi connectivity index (χ3n) is 2.35. The van der Waals surface area contributed by atoms with E-state index in [1.165, 1.54) is 0 Å². The summed E-state index contributed by atoms with van der Waals surface area (Å²) in [7, 11) is -3.87. The maximum atomic E-state index is 13.5. The summed E-state index contributed by atoms with van der Waals surface area (Å²) in [6.07, 6.45) is 0. The number of alkyl halides is 1. The molecule has 1 aromatic rings. The molecule has 0 aromatic heterocycles. The maximum absolute atomic E-state index is 13.5. The zero-order chi connectivity index (χ0) is 15.5. The fraction of sp³-hybridized carbons (Fsp3) is 0.364. The number of benzene rings is 1. The lowest BCUT2D eigenvalue weighted by molar-refractivity contribution is 0.0996. The highest BCUT2D eigenvalue weighted by atomic mass is 35.5. The van der Waals surface area contributed by atoms with Gasteiger partial charge >= 0.3 is 0 Å². The van der Waals surface area contributed by atoms with Crippen LogP contribution in [-0.4, -0.2) is 26.0 Å². The fourth-order valence-electron chi connectivity index (χ4n) is 1.44. The Hall–Kier alpha value is -1.41. The number of nitrogens with one attached hydrogen (secondary N) is 1. The lowest BCUT2D eigenvalue weighted by Gasteiger charge is -2.12. The lowest BCUT2D eigenvalue weighted by Crippen LogP contribution is -2.23. The van der Waals surface area contributed by atoms with E-state index in [-0.39, 0.29) is 17.6 Å². The van der Waals surface area contributed by atoms with Crippen LogP contribution in [0.4, 0.5) is 14.5 Å². The number of carbonyl (C=O) groups excluding carboxylic acids is 1. The Labute approximate surface area is 120 Å². The third-order valence-corrected chi connectivity index (χ3v) is 4.42. The second-order valence-corrected chi connectivity index (χ2v) is 6.39. The van der Waals surface area contributed by atoms with Crippen molar-refractivity contribution in [2.45, 2.75) is 6.92 Å². The lowest BCUT2D eigenvalue weighted by atomic mass is 10.2. The first-order chi connectivity index (χ1) is 9.16. The standard InChI is InChI=1S/C11H13ClF2N2O3S/c1-6(4-12)5-20(18,19)16-10-2-7(11(15)17)8(13)3-9(10)14/h2-3,6,16H,4-5H2,1H3,(H2,15,17). The maximum Gasteiger partial charge on any atom is 0.251 e. The van der Waals surface area contributed by atoms with Crippen LogP contribution < -0.4 is 10.5 Å². The first-order valence-electron chi connectivity index (χ1n) is 5.51. The Morgan fingerprint density at radius 1 is 1.40 bits per heavy atom. The molecule has 0 aliphatic carbocycles. The zero-order valence-corrected chi connectivity index (χ0v) is 12.1. The van der Waals surface area contributed by atoms with Gasteiger partial charge in [-0.2, -0.15) is 0 Å². The first-order valence-corrected chi connectivity index (χ1v) is 7.70. The van der Waals surface area contributed by atoms with Crippen LogP contribution in [0.15, 0.2) is 12.1 Å². The molecule has 1 unspecified atom stereocenters. The Morgan fingerprint density at radius 3 is 2.50 bits per heavy atom. The van der Waals surface area contributed by atoms with Crippen LogP contribution in [0.1, 0.15) is 17.3 Å². The number of primary amides is 1. The molecule has 0 spiro atoms. The van der Waals surface area contributed by atoms with Gasteiger partial charge in [0.2, 0.25) is 10.0 Å². The molecule has 1 atom stereocenters. The number of nitrogens with two attached hydrogens (primary N) is 1. The van der Waals surface area contributed by atoms with E-state index < -0.39 is 38.8 Å². The molecule has 0 heterocycles. The molecule has 0 radical (unpaired) electrons.